The molecule has 4 rings (SSSR count). The van der Waals surface area contributed by atoms with Crippen LogP contribution in [0.1, 0.15) is 55.1 Å². The van der Waals surface area contributed by atoms with E-state index in [1.54, 1.807) is 11.9 Å². The minimum atomic E-state index is -4.73. The molecule has 0 unspecified atom stereocenters. The molecule has 2 aromatic rings. The fourth-order valence-electron chi connectivity index (χ4n) is 4.15. The van der Waals surface area contributed by atoms with Crippen molar-refractivity contribution in [3.05, 3.63) is 22.7 Å². The molecule has 0 bridgehead atoms. The van der Waals surface area contributed by atoms with Gasteiger partial charge in [-0.2, -0.15) is 13.2 Å². The number of nitrogens with zero attached hydrogens (tertiary/aromatic N) is 4. The zero-order valence-corrected chi connectivity index (χ0v) is 19.2. The predicted octanol–water partition coefficient (Wildman–Crippen LogP) is 4.93. The van der Waals surface area contributed by atoms with E-state index in [0.29, 0.717) is 30.7 Å². The van der Waals surface area contributed by atoms with Gasteiger partial charge >= 0.3 is 6.18 Å². The SMILES string of the molecule is CSN1CCC(Nc2ncc(F)c(-c3sc(C4CCC(O)CC4)nc3C(F)(F)F)n2)CC1. The molecule has 2 aliphatic rings. The number of piperidine rings is 1. The number of hydrogen-bond acceptors (Lipinski definition) is 8. The van der Waals surface area contributed by atoms with Crippen molar-refractivity contribution in [1.29, 1.82) is 0 Å². The van der Waals surface area contributed by atoms with Crippen LogP contribution >= 0.6 is 23.3 Å². The number of rotatable bonds is 5. The van der Waals surface area contributed by atoms with Crippen molar-refractivity contribution >= 4 is 29.2 Å². The van der Waals surface area contributed by atoms with Crippen molar-refractivity contribution in [1.82, 2.24) is 19.3 Å². The number of halogens is 4. The van der Waals surface area contributed by atoms with Crippen LogP contribution in [0.5, 0.6) is 0 Å². The summed E-state index contributed by atoms with van der Waals surface area (Å²) >= 11 is 2.51. The molecule has 0 spiro atoms. The Labute approximate surface area is 192 Å². The first-order valence-corrected chi connectivity index (χ1v) is 12.6. The van der Waals surface area contributed by atoms with Gasteiger partial charge in [0, 0.05) is 25.0 Å². The number of aromatic nitrogens is 3. The van der Waals surface area contributed by atoms with E-state index < -0.39 is 23.8 Å². The number of nitrogens with one attached hydrogen (secondary N) is 1. The first-order chi connectivity index (χ1) is 15.2. The molecular weight excluding hydrogens is 466 g/mol. The summed E-state index contributed by atoms with van der Waals surface area (Å²) in [6.45, 7) is 1.75. The van der Waals surface area contributed by atoms with Crippen molar-refractivity contribution < 1.29 is 22.7 Å². The van der Waals surface area contributed by atoms with Gasteiger partial charge in [-0.25, -0.2) is 19.3 Å². The van der Waals surface area contributed by atoms with Gasteiger partial charge in [0.1, 0.15) is 5.69 Å². The van der Waals surface area contributed by atoms with E-state index in [1.165, 1.54) is 0 Å². The molecule has 0 amide bonds. The number of alkyl halides is 3. The molecule has 1 saturated heterocycles. The molecule has 2 N–H and O–H groups in total. The topological polar surface area (TPSA) is 74.2 Å². The standard InChI is InChI=1S/C20H25F4N5OS2/c1-31-29-8-6-12(7-9-29)26-19-25-10-14(21)15(27-19)16-17(20(22,23)24)28-18(32-16)11-2-4-13(30)5-3-11/h10-13,30H,2-9H2,1H3,(H,25,26,27). The molecule has 3 heterocycles. The van der Waals surface area contributed by atoms with E-state index >= 15 is 0 Å². The maximum atomic E-state index is 14.6. The number of aliphatic hydroxyl groups excluding tert-OH is 1. The largest absolute Gasteiger partial charge is 0.434 e. The Morgan fingerprint density at radius 2 is 1.81 bits per heavy atom. The first kappa shape index (κ1) is 23.7. The number of hydrogen-bond donors (Lipinski definition) is 2. The zero-order chi connectivity index (χ0) is 22.9. The second-order valence-corrected chi connectivity index (χ2v) is 10.1. The molecule has 0 radical (unpaired) electrons. The fourth-order valence-corrected chi connectivity index (χ4v) is 5.97. The Hall–Kier alpha value is -1.50. The van der Waals surface area contributed by atoms with Crippen molar-refractivity contribution in [2.24, 2.45) is 0 Å². The molecule has 176 valence electrons. The Bertz CT molecular complexity index is 925. The summed E-state index contributed by atoms with van der Waals surface area (Å²) in [4.78, 5) is 11.6. The van der Waals surface area contributed by atoms with Crippen LogP contribution < -0.4 is 5.32 Å². The summed E-state index contributed by atoms with van der Waals surface area (Å²) in [5.74, 6) is -0.970. The minimum Gasteiger partial charge on any atom is -0.393 e. The lowest BCUT2D eigenvalue weighted by atomic mass is 9.88. The molecule has 2 fully saturated rings. The van der Waals surface area contributed by atoms with Crippen LogP contribution in [-0.4, -0.2) is 55.9 Å². The molecule has 1 aliphatic heterocycles. The Morgan fingerprint density at radius 3 is 2.44 bits per heavy atom. The second-order valence-electron chi connectivity index (χ2n) is 8.15. The van der Waals surface area contributed by atoms with Gasteiger partial charge in [-0.05, 0) is 44.8 Å². The number of anilines is 1. The summed E-state index contributed by atoms with van der Waals surface area (Å²) in [7, 11) is 0. The summed E-state index contributed by atoms with van der Waals surface area (Å²) in [5, 5.41) is 13.2. The van der Waals surface area contributed by atoms with Crippen LogP contribution in [0.25, 0.3) is 10.6 Å². The molecule has 32 heavy (non-hydrogen) atoms. The Balaban J connectivity index is 1.61. The normalized spacial score (nSPS) is 23.4. The average molecular weight is 492 g/mol. The highest BCUT2D eigenvalue weighted by atomic mass is 32.2. The van der Waals surface area contributed by atoms with Crippen molar-refractivity contribution in [2.45, 2.75) is 62.8 Å². The molecule has 12 heteroatoms. The predicted molar refractivity (Wildman–Crippen MR) is 117 cm³/mol. The van der Waals surface area contributed by atoms with Gasteiger partial charge in [-0.1, -0.05) is 11.9 Å². The Kier molecular flexibility index (Phi) is 7.23. The van der Waals surface area contributed by atoms with Gasteiger partial charge in [0.05, 0.1) is 22.2 Å². The molecule has 0 atom stereocenters. The average Bonchev–Trinajstić information content (AvgIpc) is 3.22. The van der Waals surface area contributed by atoms with E-state index in [9.17, 15) is 22.7 Å². The van der Waals surface area contributed by atoms with Gasteiger partial charge < -0.3 is 10.4 Å². The second kappa shape index (κ2) is 9.78. The highest BCUT2D eigenvalue weighted by molar-refractivity contribution is 7.96. The lowest BCUT2D eigenvalue weighted by Gasteiger charge is -2.30. The third-order valence-corrected chi connectivity index (χ3v) is 8.07. The van der Waals surface area contributed by atoms with Crippen LogP contribution in [0.15, 0.2) is 6.20 Å². The number of thiazole rings is 1. The molecular formula is C20H25F4N5OS2. The molecule has 6 nitrogen and oxygen atoms in total. The summed E-state index contributed by atoms with van der Waals surface area (Å²) in [5.41, 5.74) is -1.49. The fraction of sp³-hybridized carbons (Fsp3) is 0.650. The minimum absolute atomic E-state index is 0.0736. The van der Waals surface area contributed by atoms with Gasteiger partial charge in [0.15, 0.2) is 11.5 Å². The summed E-state index contributed by atoms with van der Waals surface area (Å²) in [6.07, 6.45) is 1.60. The highest BCUT2D eigenvalue weighted by Gasteiger charge is 2.40. The third-order valence-electron chi connectivity index (χ3n) is 5.96. The zero-order valence-electron chi connectivity index (χ0n) is 17.5. The van der Waals surface area contributed by atoms with E-state index in [-0.39, 0.29) is 28.5 Å². The van der Waals surface area contributed by atoms with Gasteiger partial charge in [-0.3, -0.25) is 4.31 Å². The maximum Gasteiger partial charge on any atom is 0.434 e. The van der Waals surface area contributed by atoms with E-state index in [4.69, 9.17) is 0 Å². The third kappa shape index (κ3) is 5.35. The molecule has 2 aromatic heterocycles. The van der Waals surface area contributed by atoms with E-state index in [1.807, 2.05) is 6.26 Å². The lowest BCUT2D eigenvalue weighted by molar-refractivity contribution is -0.140. The quantitative estimate of drug-likeness (QED) is 0.454. The van der Waals surface area contributed by atoms with Crippen molar-refractivity contribution in [3.63, 3.8) is 0 Å². The smallest absolute Gasteiger partial charge is 0.393 e. The lowest BCUT2D eigenvalue weighted by Crippen LogP contribution is -2.35. The highest BCUT2D eigenvalue weighted by Crippen LogP contribution is 2.44. The Morgan fingerprint density at radius 1 is 1.12 bits per heavy atom. The molecule has 1 saturated carbocycles. The first-order valence-electron chi connectivity index (χ1n) is 10.6. The summed E-state index contributed by atoms with van der Waals surface area (Å²) < 4.78 is 58.2. The van der Waals surface area contributed by atoms with Crippen LogP contribution in [-0.2, 0) is 6.18 Å². The van der Waals surface area contributed by atoms with Crippen LogP contribution in [0.4, 0.5) is 23.5 Å². The van der Waals surface area contributed by atoms with E-state index in [2.05, 4.69) is 24.6 Å². The van der Waals surface area contributed by atoms with Crippen molar-refractivity contribution in [3.8, 4) is 10.6 Å². The molecule has 0 aromatic carbocycles. The van der Waals surface area contributed by atoms with Crippen LogP contribution in [0.3, 0.4) is 0 Å². The van der Waals surface area contributed by atoms with Gasteiger partial charge in [0.2, 0.25) is 5.95 Å². The number of aliphatic hydroxyl groups is 1. The molecule has 1 aliphatic carbocycles. The van der Waals surface area contributed by atoms with Crippen LogP contribution in [0, 0.1) is 5.82 Å². The summed E-state index contributed by atoms with van der Waals surface area (Å²) in [6, 6.07) is 0.0736. The van der Waals surface area contributed by atoms with Gasteiger partial charge in [-0.15, -0.1) is 11.3 Å². The maximum absolute atomic E-state index is 14.6. The van der Waals surface area contributed by atoms with Crippen LogP contribution in [0.2, 0.25) is 0 Å². The monoisotopic (exact) mass is 491 g/mol. The van der Waals surface area contributed by atoms with Crippen molar-refractivity contribution in [2.75, 3.05) is 24.7 Å². The van der Waals surface area contributed by atoms with E-state index in [0.717, 1.165) is 43.5 Å². The van der Waals surface area contributed by atoms with Gasteiger partial charge in [0.25, 0.3) is 0 Å².